The first-order valence-electron chi connectivity index (χ1n) is 7.37. The molecule has 0 fully saturated rings. The Hall–Kier alpha value is -1.75. The first kappa shape index (κ1) is 13.2. The summed E-state index contributed by atoms with van der Waals surface area (Å²) in [6.45, 7) is 6.35. The van der Waals surface area contributed by atoms with E-state index in [1.807, 2.05) is 24.5 Å². The van der Waals surface area contributed by atoms with Crippen LogP contribution >= 0.6 is 0 Å². The van der Waals surface area contributed by atoms with E-state index in [0.29, 0.717) is 5.92 Å². The van der Waals surface area contributed by atoms with Crippen LogP contribution in [0, 0.1) is 0 Å². The SMILES string of the molecule is CCCC(C)c1nnc2n1CCNC2c1ccncc1. The number of hydrogen-bond donors (Lipinski definition) is 1. The van der Waals surface area contributed by atoms with Crippen molar-refractivity contribution in [3.8, 4) is 0 Å². The molecule has 2 unspecified atom stereocenters. The zero-order valence-corrected chi connectivity index (χ0v) is 12.1. The maximum absolute atomic E-state index is 4.45. The van der Waals surface area contributed by atoms with Crippen LogP contribution in [-0.4, -0.2) is 26.3 Å². The van der Waals surface area contributed by atoms with Crippen LogP contribution in [0.2, 0.25) is 0 Å². The molecule has 0 radical (unpaired) electrons. The van der Waals surface area contributed by atoms with E-state index in [1.54, 1.807) is 0 Å². The van der Waals surface area contributed by atoms with Gasteiger partial charge in [-0.05, 0) is 24.1 Å². The Bertz CT molecular complexity index is 563. The van der Waals surface area contributed by atoms with Crippen molar-refractivity contribution in [2.45, 2.75) is 45.2 Å². The van der Waals surface area contributed by atoms with Crippen molar-refractivity contribution < 1.29 is 0 Å². The molecular formula is C15H21N5. The summed E-state index contributed by atoms with van der Waals surface area (Å²) in [6, 6.07) is 4.20. The fourth-order valence-corrected chi connectivity index (χ4v) is 2.93. The summed E-state index contributed by atoms with van der Waals surface area (Å²) in [5.41, 5.74) is 1.20. The molecule has 0 amide bonds. The monoisotopic (exact) mass is 271 g/mol. The van der Waals surface area contributed by atoms with E-state index in [-0.39, 0.29) is 6.04 Å². The van der Waals surface area contributed by atoms with Gasteiger partial charge in [0.2, 0.25) is 0 Å². The topological polar surface area (TPSA) is 55.6 Å². The minimum Gasteiger partial charge on any atom is -0.312 e. The fraction of sp³-hybridized carbons (Fsp3) is 0.533. The standard InChI is InChI=1S/C15H21N5/c1-3-4-11(2)14-18-19-15-13(17-9-10-20(14)15)12-5-7-16-8-6-12/h5-8,11,13,17H,3-4,9-10H2,1-2H3. The third-order valence-electron chi connectivity index (χ3n) is 3.95. The van der Waals surface area contributed by atoms with Gasteiger partial charge in [-0.15, -0.1) is 10.2 Å². The summed E-state index contributed by atoms with van der Waals surface area (Å²) < 4.78 is 2.29. The molecule has 5 heteroatoms. The molecule has 1 N–H and O–H groups in total. The third kappa shape index (κ3) is 2.33. The van der Waals surface area contributed by atoms with Gasteiger partial charge in [0, 0.05) is 31.4 Å². The molecule has 2 aromatic rings. The minimum atomic E-state index is 0.127. The van der Waals surface area contributed by atoms with Crippen LogP contribution in [0.4, 0.5) is 0 Å². The normalized spacial score (nSPS) is 19.6. The second kappa shape index (κ2) is 5.71. The maximum atomic E-state index is 4.45. The maximum Gasteiger partial charge on any atom is 0.154 e. The Morgan fingerprint density at radius 1 is 1.35 bits per heavy atom. The van der Waals surface area contributed by atoms with Crippen LogP contribution in [0.3, 0.4) is 0 Å². The van der Waals surface area contributed by atoms with Gasteiger partial charge in [0.05, 0.1) is 6.04 Å². The molecule has 3 rings (SSSR count). The number of nitrogens with zero attached hydrogens (tertiary/aromatic N) is 4. The Morgan fingerprint density at radius 3 is 2.90 bits per heavy atom. The summed E-state index contributed by atoms with van der Waals surface area (Å²) in [4.78, 5) is 4.08. The molecule has 1 aliphatic heterocycles. The molecule has 0 aliphatic carbocycles. The lowest BCUT2D eigenvalue weighted by Gasteiger charge is -2.26. The van der Waals surface area contributed by atoms with Gasteiger partial charge in [-0.25, -0.2) is 0 Å². The summed E-state index contributed by atoms with van der Waals surface area (Å²) in [5.74, 6) is 2.63. The van der Waals surface area contributed by atoms with Gasteiger partial charge in [0.25, 0.3) is 0 Å². The Morgan fingerprint density at radius 2 is 2.15 bits per heavy atom. The molecule has 0 saturated heterocycles. The molecule has 0 saturated carbocycles. The molecule has 20 heavy (non-hydrogen) atoms. The van der Waals surface area contributed by atoms with Gasteiger partial charge in [0.15, 0.2) is 5.82 Å². The van der Waals surface area contributed by atoms with Crippen molar-refractivity contribution in [1.29, 1.82) is 0 Å². The molecule has 106 valence electrons. The summed E-state index contributed by atoms with van der Waals surface area (Å²) in [5, 5.41) is 12.4. The predicted molar refractivity (Wildman–Crippen MR) is 77.4 cm³/mol. The first-order chi connectivity index (χ1) is 9.81. The number of fused-ring (bicyclic) bond motifs is 1. The number of pyridine rings is 1. The first-order valence-corrected chi connectivity index (χ1v) is 7.37. The van der Waals surface area contributed by atoms with Crippen LogP contribution in [0.25, 0.3) is 0 Å². The molecule has 0 spiro atoms. The van der Waals surface area contributed by atoms with Crippen molar-refractivity contribution >= 4 is 0 Å². The predicted octanol–water partition coefficient (Wildman–Crippen LogP) is 2.27. The average molecular weight is 271 g/mol. The largest absolute Gasteiger partial charge is 0.312 e. The Balaban J connectivity index is 1.95. The van der Waals surface area contributed by atoms with Gasteiger partial charge in [-0.3, -0.25) is 4.98 Å². The van der Waals surface area contributed by atoms with E-state index < -0.39 is 0 Å². The molecule has 0 aromatic carbocycles. The molecule has 1 aliphatic rings. The van der Waals surface area contributed by atoms with Crippen LogP contribution < -0.4 is 5.32 Å². The smallest absolute Gasteiger partial charge is 0.154 e. The highest BCUT2D eigenvalue weighted by molar-refractivity contribution is 5.24. The van der Waals surface area contributed by atoms with Crippen molar-refractivity contribution in [3.05, 3.63) is 41.7 Å². The lowest BCUT2D eigenvalue weighted by Crippen LogP contribution is -2.35. The van der Waals surface area contributed by atoms with Crippen LogP contribution in [-0.2, 0) is 6.54 Å². The molecule has 2 atom stereocenters. The highest BCUT2D eigenvalue weighted by Gasteiger charge is 2.27. The summed E-state index contributed by atoms with van der Waals surface area (Å²) in [6.07, 6.45) is 5.99. The quantitative estimate of drug-likeness (QED) is 0.927. The van der Waals surface area contributed by atoms with Crippen molar-refractivity contribution in [3.63, 3.8) is 0 Å². The molecule has 3 heterocycles. The molecule has 0 bridgehead atoms. The zero-order chi connectivity index (χ0) is 13.9. The van der Waals surface area contributed by atoms with Gasteiger partial charge in [0.1, 0.15) is 5.82 Å². The number of aromatic nitrogens is 4. The van der Waals surface area contributed by atoms with E-state index in [4.69, 9.17) is 0 Å². The highest BCUT2D eigenvalue weighted by Crippen LogP contribution is 2.27. The van der Waals surface area contributed by atoms with Crippen molar-refractivity contribution in [2.24, 2.45) is 0 Å². The van der Waals surface area contributed by atoms with E-state index in [2.05, 4.69) is 38.9 Å². The van der Waals surface area contributed by atoms with E-state index in [9.17, 15) is 0 Å². The van der Waals surface area contributed by atoms with Gasteiger partial charge < -0.3 is 9.88 Å². The molecular weight excluding hydrogens is 250 g/mol. The average Bonchev–Trinajstić information content (AvgIpc) is 2.92. The molecule has 5 nitrogen and oxygen atoms in total. The van der Waals surface area contributed by atoms with E-state index >= 15 is 0 Å². The van der Waals surface area contributed by atoms with Crippen LogP contribution in [0.15, 0.2) is 24.5 Å². The minimum absolute atomic E-state index is 0.127. The zero-order valence-electron chi connectivity index (χ0n) is 12.1. The van der Waals surface area contributed by atoms with Gasteiger partial charge >= 0.3 is 0 Å². The lowest BCUT2D eigenvalue weighted by atomic mass is 10.0. The number of hydrogen-bond acceptors (Lipinski definition) is 4. The van der Waals surface area contributed by atoms with Crippen LogP contribution in [0.5, 0.6) is 0 Å². The van der Waals surface area contributed by atoms with Crippen molar-refractivity contribution in [2.75, 3.05) is 6.54 Å². The summed E-state index contributed by atoms with van der Waals surface area (Å²) in [7, 11) is 0. The van der Waals surface area contributed by atoms with E-state index in [0.717, 1.165) is 31.2 Å². The second-order valence-corrected chi connectivity index (χ2v) is 5.43. The van der Waals surface area contributed by atoms with Gasteiger partial charge in [-0.1, -0.05) is 20.3 Å². The molecule has 2 aromatic heterocycles. The van der Waals surface area contributed by atoms with Crippen LogP contribution in [0.1, 0.15) is 55.9 Å². The Labute approximate surface area is 119 Å². The number of nitrogens with one attached hydrogen (secondary N) is 1. The lowest BCUT2D eigenvalue weighted by molar-refractivity contribution is 0.437. The third-order valence-corrected chi connectivity index (χ3v) is 3.95. The number of rotatable bonds is 4. The Kier molecular flexibility index (Phi) is 3.78. The second-order valence-electron chi connectivity index (χ2n) is 5.43. The van der Waals surface area contributed by atoms with E-state index in [1.165, 1.54) is 12.0 Å². The summed E-state index contributed by atoms with van der Waals surface area (Å²) >= 11 is 0. The fourth-order valence-electron chi connectivity index (χ4n) is 2.93. The highest BCUT2D eigenvalue weighted by atomic mass is 15.3. The van der Waals surface area contributed by atoms with Gasteiger partial charge in [-0.2, -0.15) is 0 Å². The van der Waals surface area contributed by atoms with Crippen molar-refractivity contribution in [1.82, 2.24) is 25.1 Å².